The van der Waals surface area contributed by atoms with Crippen molar-refractivity contribution in [3.05, 3.63) is 0 Å². The topological polar surface area (TPSA) is 20.3 Å². The van der Waals surface area contributed by atoms with Crippen LogP contribution in [0.5, 0.6) is 0 Å². The van der Waals surface area contributed by atoms with Crippen molar-refractivity contribution >= 4 is 5.78 Å². The van der Waals surface area contributed by atoms with Gasteiger partial charge in [0.05, 0.1) is 18.6 Å². The molecule has 0 aromatic carbocycles. The van der Waals surface area contributed by atoms with Crippen molar-refractivity contribution in [1.29, 1.82) is 0 Å². The van der Waals surface area contributed by atoms with Gasteiger partial charge in [-0.2, -0.15) is 0 Å². The molecule has 2 nitrogen and oxygen atoms in total. The van der Waals surface area contributed by atoms with Crippen molar-refractivity contribution < 1.29 is 9.18 Å². The summed E-state index contributed by atoms with van der Waals surface area (Å²) < 4.78 is 11.6. The zero-order valence-corrected chi connectivity index (χ0v) is 5.72. The highest BCUT2D eigenvalue weighted by molar-refractivity contribution is 6.05. The van der Waals surface area contributed by atoms with Gasteiger partial charge in [-0.15, -0.1) is 0 Å². The molecule has 0 radical (unpaired) electrons. The van der Waals surface area contributed by atoms with Crippen LogP contribution in [-0.4, -0.2) is 36.5 Å². The van der Waals surface area contributed by atoms with Crippen LogP contribution in [0.4, 0.5) is 4.39 Å². The first-order valence-electron chi connectivity index (χ1n) is 3.68. The monoisotopic (exact) mass is 143 g/mol. The fourth-order valence-electron chi connectivity index (χ4n) is 1.62. The van der Waals surface area contributed by atoms with Crippen LogP contribution in [-0.2, 0) is 4.79 Å². The molecule has 10 heavy (non-hydrogen) atoms. The van der Waals surface area contributed by atoms with E-state index in [2.05, 4.69) is 4.90 Å². The lowest BCUT2D eigenvalue weighted by Gasteiger charge is -2.27. The van der Waals surface area contributed by atoms with Crippen LogP contribution in [0, 0.1) is 5.92 Å². The summed E-state index contributed by atoms with van der Waals surface area (Å²) in [6.45, 7) is 1.40. The average Bonchev–Trinajstić information content (AvgIpc) is 2.34. The lowest BCUT2D eigenvalue weighted by atomic mass is 10.2. The second-order valence-electron chi connectivity index (χ2n) is 2.99. The maximum absolute atomic E-state index is 11.6. The lowest BCUT2D eigenvalue weighted by Crippen LogP contribution is -2.39. The molecule has 2 unspecified atom stereocenters. The van der Waals surface area contributed by atoms with E-state index in [4.69, 9.17) is 0 Å². The number of halogens is 1. The molecule has 0 aromatic heterocycles. The normalized spacial score (nSPS) is 37.1. The van der Waals surface area contributed by atoms with Gasteiger partial charge >= 0.3 is 0 Å². The highest BCUT2D eigenvalue weighted by Gasteiger charge is 2.61. The Hall–Kier alpha value is -0.440. The van der Waals surface area contributed by atoms with E-state index in [0.29, 0.717) is 18.1 Å². The summed E-state index contributed by atoms with van der Waals surface area (Å²) in [5.41, 5.74) is 0. The third-order valence-electron chi connectivity index (χ3n) is 2.33. The number of carbonyl (C=O) groups excluding carboxylic acids is 1. The predicted molar refractivity (Wildman–Crippen MR) is 34.4 cm³/mol. The number of alkyl halides is 1. The van der Waals surface area contributed by atoms with Crippen molar-refractivity contribution in [3.63, 3.8) is 0 Å². The van der Waals surface area contributed by atoms with Crippen LogP contribution in [0.15, 0.2) is 0 Å². The fourth-order valence-corrected chi connectivity index (χ4v) is 1.62. The molecular weight excluding hydrogens is 133 g/mol. The highest BCUT2D eigenvalue weighted by atomic mass is 19.1. The maximum atomic E-state index is 11.6. The predicted octanol–water partition coefficient (Wildman–Crippen LogP) is 0.229. The van der Waals surface area contributed by atoms with Gasteiger partial charge in [0.2, 0.25) is 0 Å². The van der Waals surface area contributed by atoms with Crippen molar-refractivity contribution in [1.82, 2.24) is 4.90 Å². The van der Waals surface area contributed by atoms with Crippen molar-refractivity contribution in [2.24, 2.45) is 5.92 Å². The molecule has 0 spiro atoms. The first kappa shape index (κ1) is 6.28. The van der Waals surface area contributed by atoms with Gasteiger partial charge in [0.1, 0.15) is 0 Å². The molecule has 1 aliphatic carbocycles. The highest BCUT2D eigenvalue weighted by Crippen LogP contribution is 2.41. The van der Waals surface area contributed by atoms with Crippen LogP contribution >= 0.6 is 0 Å². The number of carbonyl (C=O) groups is 1. The van der Waals surface area contributed by atoms with E-state index >= 15 is 0 Å². The number of Topliss-reactive ketones (excluding diaryl/α,β-unsaturated/α-hetero) is 1. The number of nitrogens with zero attached hydrogens (tertiary/aromatic N) is 1. The molecule has 2 rings (SSSR count). The van der Waals surface area contributed by atoms with Gasteiger partial charge in [-0.3, -0.25) is 14.1 Å². The second-order valence-corrected chi connectivity index (χ2v) is 2.99. The number of hydrogen-bond acceptors (Lipinski definition) is 2. The van der Waals surface area contributed by atoms with Crippen molar-refractivity contribution in [2.45, 2.75) is 12.5 Å². The van der Waals surface area contributed by atoms with Gasteiger partial charge in [0.25, 0.3) is 0 Å². The molecule has 3 heteroatoms. The fraction of sp³-hybridized carbons (Fsp3) is 0.857. The van der Waals surface area contributed by atoms with Gasteiger partial charge in [-0.25, -0.2) is 0 Å². The van der Waals surface area contributed by atoms with Gasteiger partial charge in [-0.1, -0.05) is 0 Å². The summed E-state index contributed by atoms with van der Waals surface area (Å²) in [4.78, 5) is 12.8. The van der Waals surface area contributed by atoms with Crippen LogP contribution < -0.4 is 0 Å². The zero-order chi connectivity index (χ0) is 7.14. The standard InChI is InChI=1S/C7H10FNO/c8-2-1-3-9-4-5-6(9)7(5)10/h5-6H,1-4H2. The molecule has 2 fully saturated rings. The van der Waals surface area contributed by atoms with Crippen molar-refractivity contribution in [3.8, 4) is 0 Å². The number of fused-ring (bicyclic) bond motifs is 1. The Labute approximate surface area is 59.0 Å². The first-order chi connectivity index (χ1) is 4.84. The number of hydrogen-bond donors (Lipinski definition) is 0. The first-order valence-corrected chi connectivity index (χ1v) is 3.68. The number of ketones is 1. The SMILES string of the molecule is O=C1C2CN(CCCF)C12. The molecule has 2 aliphatic rings. The number of likely N-dealkylation sites (tertiary alicyclic amines) is 1. The van der Waals surface area contributed by atoms with Crippen LogP contribution in [0.25, 0.3) is 0 Å². The van der Waals surface area contributed by atoms with Gasteiger partial charge in [0, 0.05) is 13.1 Å². The molecular formula is C7H10FNO. The third-order valence-corrected chi connectivity index (χ3v) is 2.33. The van der Waals surface area contributed by atoms with E-state index in [9.17, 15) is 9.18 Å². The quantitative estimate of drug-likeness (QED) is 0.563. The summed E-state index contributed by atoms with van der Waals surface area (Å²) >= 11 is 0. The Morgan fingerprint density at radius 2 is 2.50 bits per heavy atom. The van der Waals surface area contributed by atoms with Gasteiger partial charge in [-0.05, 0) is 6.42 Å². The van der Waals surface area contributed by atoms with E-state index in [1.54, 1.807) is 0 Å². The van der Waals surface area contributed by atoms with Gasteiger partial charge < -0.3 is 0 Å². The molecule has 0 amide bonds. The molecule has 2 atom stereocenters. The minimum atomic E-state index is -0.262. The van der Waals surface area contributed by atoms with E-state index < -0.39 is 0 Å². The largest absolute Gasteiger partial charge is 0.297 e. The molecule has 1 saturated carbocycles. The molecule has 0 bridgehead atoms. The van der Waals surface area contributed by atoms with E-state index in [1.807, 2.05) is 0 Å². The zero-order valence-electron chi connectivity index (χ0n) is 5.72. The molecule has 1 heterocycles. The minimum Gasteiger partial charge on any atom is -0.297 e. The third kappa shape index (κ3) is 0.700. The Bertz CT molecular complexity index is 171. The average molecular weight is 143 g/mol. The Kier molecular flexibility index (Phi) is 1.27. The van der Waals surface area contributed by atoms with E-state index in [-0.39, 0.29) is 12.7 Å². The second kappa shape index (κ2) is 2.02. The minimum absolute atomic E-state index is 0.214. The summed E-state index contributed by atoms with van der Waals surface area (Å²) in [6.07, 6.45) is 0.580. The summed E-state index contributed by atoms with van der Waals surface area (Å²) in [6, 6.07) is 0.214. The van der Waals surface area contributed by atoms with Crippen LogP contribution in [0.3, 0.4) is 0 Å². The summed E-state index contributed by atoms with van der Waals surface area (Å²) in [5.74, 6) is 0.721. The number of rotatable bonds is 3. The molecule has 0 aromatic rings. The van der Waals surface area contributed by atoms with Crippen molar-refractivity contribution in [2.75, 3.05) is 19.8 Å². The van der Waals surface area contributed by atoms with Crippen LogP contribution in [0.1, 0.15) is 6.42 Å². The molecule has 1 saturated heterocycles. The smallest absolute Gasteiger partial charge is 0.157 e. The maximum Gasteiger partial charge on any atom is 0.157 e. The Morgan fingerprint density at radius 3 is 2.90 bits per heavy atom. The lowest BCUT2D eigenvalue weighted by molar-refractivity contribution is -0.111. The molecule has 0 N–H and O–H groups in total. The Balaban J connectivity index is 1.73. The Morgan fingerprint density at radius 1 is 1.70 bits per heavy atom. The summed E-state index contributed by atoms with van der Waals surface area (Å²) in [7, 11) is 0. The van der Waals surface area contributed by atoms with E-state index in [0.717, 1.165) is 13.1 Å². The molecule has 1 aliphatic heterocycles. The van der Waals surface area contributed by atoms with Gasteiger partial charge in [0.15, 0.2) is 5.78 Å². The summed E-state index contributed by atoms with van der Waals surface area (Å²) in [5, 5.41) is 0. The van der Waals surface area contributed by atoms with E-state index in [1.165, 1.54) is 0 Å². The van der Waals surface area contributed by atoms with Crippen LogP contribution in [0.2, 0.25) is 0 Å². The molecule has 56 valence electrons.